The van der Waals surface area contributed by atoms with Gasteiger partial charge >= 0.3 is 0 Å². The van der Waals surface area contributed by atoms with Gasteiger partial charge in [0.1, 0.15) is 11.6 Å². The van der Waals surface area contributed by atoms with Crippen LogP contribution in [0.3, 0.4) is 0 Å². The molecule has 2 unspecified atom stereocenters. The van der Waals surface area contributed by atoms with Gasteiger partial charge in [-0.15, -0.1) is 0 Å². The van der Waals surface area contributed by atoms with E-state index in [4.69, 9.17) is 0 Å². The first-order chi connectivity index (χ1) is 8.54. The first-order valence-electron chi connectivity index (χ1n) is 6.05. The Hall–Kier alpha value is -1.49. The second-order valence-electron chi connectivity index (χ2n) is 4.72. The SMILES string of the molecule is CC1CCC(NC(=O)c2cc(F)cc(F)c2)CN1. The van der Waals surface area contributed by atoms with Crippen LogP contribution in [0.25, 0.3) is 0 Å². The Morgan fingerprint density at radius 1 is 1.28 bits per heavy atom. The van der Waals surface area contributed by atoms with Gasteiger partial charge in [0.25, 0.3) is 5.91 Å². The lowest BCUT2D eigenvalue weighted by Crippen LogP contribution is -2.48. The van der Waals surface area contributed by atoms with Crippen LogP contribution in [0.1, 0.15) is 30.1 Å². The molecule has 1 aliphatic heterocycles. The highest BCUT2D eigenvalue weighted by Crippen LogP contribution is 2.11. The molecule has 0 radical (unpaired) electrons. The van der Waals surface area contributed by atoms with E-state index in [2.05, 4.69) is 17.6 Å². The Bertz CT molecular complexity index is 422. The van der Waals surface area contributed by atoms with Crippen molar-refractivity contribution in [2.24, 2.45) is 0 Å². The van der Waals surface area contributed by atoms with Crippen LogP contribution in [-0.2, 0) is 0 Å². The van der Waals surface area contributed by atoms with Crippen molar-refractivity contribution in [2.45, 2.75) is 31.8 Å². The number of rotatable bonds is 2. The number of nitrogens with one attached hydrogen (secondary N) is 2. The number of amides is 1. The predicted octanol–water partition coefficient (Wildman–Crippen LogP) is 1.84. The Labute approximate surface area is 105 Å². The fourth-order valence-corrected chi connectivity index (χ4v) is 2.08. The van der Waals surface area contributed by atoms with Crippen molar-refractivity contribution in [1.82, 2.24) is 10.6 Å². The van der Waals surface area contributed by atoms with Crippen molar-refractivity contribution in [3.8, 4) is 0 Å². The van der Waals surface area contributed by atoms with Crippen molar-refractivity contribution in [1.29, 1.82) is 0 Å². The lowest BCUT2D eigenvalue weighted by Gasteiger charge is -2.28. The van der Waals surface area contributed by atoms with Gasteiger partial charge in [-0.3, -0.25) is 4.79 Å². The molecule has 98 valence electrons. The molecule has 5 heteroatoms. The summed E-state index contributed by atoms with van der Waals surface area (Å²) in [6.07, 6.45) is 1.85. The maximum absolute atomic E-state index is 13.0. The van der Waals surface area contributed by atoms with E-state index in [9.17, 15) is 13.6 Å². The van der Waals surface area contributed by atoms with Crippen molar-refractivity contribution in [2.75, 3.05) is 6.54 Å². The third-order valence-corrected chi connectivity index (χ3v) is 3.12. The first kappa shape index (κ1) is 13.0. The summed E-state index contributed by atoms with van der Waals surface area (Å²) in [6.45, 7) is 2.77. The van der Waals surface area contributed by atoms with Gasteiger partial charge in [0.2, 0.25) is 0 Å². The van der Waals surface area contributed by atoms with Crippen molar-refractivity contribution < 1.29 is 13.6 Å². The molecule has 2 atom stereocenters. The summed E-state index contributed by atoms with van der Waals surface area (Å²) in [6, 6.07) is 3.29. The molecule has 1 aromatic carbocycles. The van der Waals surface area contributed by atoms with Gasteiger partial charge < -0.3 is 10.6 Å². The van der Waals surface area contributed by atoms with Crippen LogP contribution in [0.4, 0.5) is 8.78 Å². The summed E-state index contributed by atoms with van der Waals surface area (Å²) in [5.74, 6) is -1.92. The molecule has 0 spiro atoms. The Morgan fingerprint density at radius 3 is 2.50 bits per heavy atom. The monoisotopic (exact) mass is 254 g/mol. The maximum Gasteiger partial charge on any atom is 0.251 e. The number of carbonyl (C=O) groups is 1. The molecule has 2 rings (SSSR count). The molecular weight excluding hydrogens is 238 g/mol. The fourth-order valence-electron chi connectivity index (χ4n) is 2.08. The van der Waals surface area contributed by atoms with E-state index in [0.29, 0.717) is 12.6 Å². The van der Waals surface area contributed by atoms with Crippen LogP contribution in [0.15, 0.2) is 18.2 Å². The third-order valence-electron chi connectivity index (χ3n) is 3.12. The third kappa shape index (κ3) is 3.26. The minimum Gasteiger partial charge on any atom is -0.348 e. The maximum atomic E-state index is 13.0. The van der Waals surface area contributed by atoms with E-state index in [1.54, 1.807) is 0 Å². The number of hydrogen-bond donors (Lipinski definition) is 2. The Morgan fingerprint density at radius 2 is 1.94 bits per heavy atom. The molecule has 1 aliphatic rings. The van der Waals surface area contributed by atoms with E-state index in [-0.39, 0.29) is 11.6 Å². The summed E-state index contributed by atoms with van der Waals surface area (Å²) in [4.78, 5) is 11.8. The molecule has 2 N–H and O–H groups in total. The highest BCUT2D eigenvalue weighted by atomic mass is 19.1. The largest absolute Gasteiger partial charge is 0.348 e. The van der Waals surface area contributed by atoms with E-state index in [1.807, 2.05) is 0 Å². The molecule has 1 saturated heterocycles. The van der Waals surface area contributed by atoms with Crippen LogP contribution in [0.2, 0.25) is 0 Å². The second kappa shape index (κ2) is 5.44. The molecule has 0 saturated carbocycles. The van der Waals surface area contributed by atoms with Gasteiger partial charge in [0.05, 0.1) is 0 Å². The number of hydrogen-bond acceptors (Lipinski definition) is 2. The highest BCUT2D eigenvalue weighted by molar-refractivity contribution is 5.94. The molecule has 0 aromatic heterocycles. The zero-order chi connectivity index (χ0) is 13.1. The molecular formula is C13H16F2N2O. The van der Waals surface area contributed by atoms with Crippen molar-refractivity contribution >= 4 is 5.91 Å². The average Bonchev–Trinajstić information content (AvgIpc) is 2.31. The standard InChI is InChI=1S/C13H16F2N2O/c1-8-2-3-12(7-16-8)17-13(18)9-4-10(14)6-11(15)5-9/h4-6,8,12,16H,2-3,7H2,1H3,(H,17,18). The minimum absolute atomic E-state index is 0.0139. The second-order valence-corrected chi connectivity index (χ2v) is 4.72. The van der Waals surface area contributed by atoms with Gasteiger partial charge in [-0.2, -0.15) is 0 Å². The summed E-state index contributed by atoms with van der Waals surface area (Å²) in [5, 5.41) is 6.02. The van der Waals surface area contributed by atoms with Crippen LogP contribution in [0.5, 0.6) is 0 Å². The molecule has 1 aromatic rings. The number of halogens is 2. The topological polar surface area (TPSA) is 41.1 Å². The van der Waals surface area contributed by atoms with E-state index in [0.717, 1.165) is 31.0 Å². The predicted molar refractivity (Wildman–Crippen MR) is 64.3 cm³/mol. The number of carbonyl (C=O) groups excluding carboxylic acids is 1. The van der Waals surface area contributed by atoms with Gasteiger partial charge in [-0.1, -0.05) is 0 Å². The highest BCUT2D eigenvalue weighted by Gasteiger charge is 2.20. The minimum atomic E-state index is -0.740. The van der Waals surface area contributed by atoms with Gasteiger partial charge in [0, 0.05) is 30.3 Å². The normalized spacial score (nSPS) is 23.7. The first-order valence-corrected chi connectivity index (χ1v) is 6.05. The molecule has 0 bridgehead atoms. The summed E-state index contributed by atoms with van der Waals surface area (Å²) in [7, 11) is 0. The molecule has 18 heavy (non-hydrogen) atoms. The van der Waals surface area contributed by atoms with E-state index >= 15 is 0 Å². The van der Waals surface area contributed by atoms with E-state index in [1.165, 1.54) is 0 Å². The van der Waals surface area contributed by atoms with Crippen LogP contribution < -0.4 is 10.6 Å². The quantitative estimate of drug-likeness (QED) is 0.845. The average molecular weight is 254 g/mol. The molecule has 1 heterocycles. The zero-order valence-corrected chi connectivity index (χ0v) is 10.2. The number of piperidine rings is 1. The molecule has 0 aliphatic carbocycles. The lowest BCUT2D eigenvalue weighted by atomic mass is 10.0. The van der Waals surface area contributed by atoms with Crippen LogP contribution >= 0.6 is 0 Å². The Balaban J connectivity index is 1.99. The summed E-state index contributed by atoms with van der Waals surface area (Å²) >= 11 is 0. The molecule has 1 amide bonds. The zero-order valence-electron chi connectivity index (χ0n) is 10.2. The van der Waals surface area contributed by atoms with Crippen LogP contribution in [0, 0.1) is 11.6 Å². The molecule has 3 nitrogen and oxygen atoms in total. The fraction of sp³-hybridized carbons (Fsp3) is 0.462. The molecule has 1 fully saturated rings. The summed E-state index contributed by atoms with van der Waals surface area (Å²) in [5.41, 5.74) is 0.0196. The van der Waals surface area contributed by atoms with Crippen molar-refractivity contribution in [3.05, 3.63) is 35.4 Å². The van der Waals surface area contributed by atoms with Gasteiger partial charge in [0.15, 0.2) is 0 Å². The lowest BCUT2D eigenvalue weighted by molar-refractivity contribution is 0.0926. The van der Waals surface area contributed by atoms with Crippen LogP contribution in [-0.4, -0.2) is 24.5 Å². The summed E-state index contributed by atoms with van der Waals surface area (Å²) < 4.78 is 26.0. The van der Waals surface area contributed by atoms with Crippen molar-refractivity contribution in [3.63, 3.8) is 0 Å². The smallest absolute Gasteiger partial charge is 0.251 e. The van der Waals surface area contributed by atoms with E-state index < -0.39 is 17.5 Å². The Kier molecular flexibility index (Phi) is 3.91. The number of benzene rings is 1. The van der Waals surface area contributed by atoms with Gasteiger partial charge in [-0.05, 0) is 31.9 Å². The van der Waals surface area contributed by atoms with Gasteiger partial charge in [-0.25, -0.2) is 8.78 Å².